The molecule has 0 atom stereocenters. The Kier molecular flexibility index (Phi) is 5.75. The van der Waals surface area contributed by atoms with Crippen molar-refractivity contribution in [2.45, 2.75) is 6.42 Å². The Labute approximate surface area is 137 Å². The van der Waals surface area contributed by atoms with Crippen molar-refractivity contribution >= 4 is 40.9 Å². The van der Waals surface area contributed by atoms with E-state index in [-0.39, 0.29) is 13.0 Å². The molecule has 0 aliphatic carbocycles. The van der Waals surface area contributed by atoms with Crippen LogP contribution in [0.25, 0.3) is 0 Å². The number of carbonyl (C=O) groups excluding carboxylic acids is 2. The lowest BCUT2D eigenvalue weighted by molar-refractivity contribution is -0.146. The van der Waals surface area contributed by atoms with Crippen molar-refractivity contribution in [2.75, 3.05) is 11.9 Å². The van der Waals surface area contributed by atoms with Gasteiger partial charge in [0, 0.05) is 11.2 Å². The fourth-order valence-corrected chi connectivity index (χ4v) is 1.83. The Morgan fingerprint density at radius 1 is 1.05 bits per heavy atom. The summed E-state index contributed by atoms with van der Waals surface area (Å²) in [4.78, 5) is 27.2. The fraction of sp³-hybridized carbons (Fsp3) is 0.133. The van der Waals surface area contributed by atoms with Gasteiger partial charge in [-0.05, 0) is 29.8 Å². The largest absolute Gasteiger partial charge is 0.455 e. The van der Waals surface area contributed by atoms with Crippen LogP contribution in [0.4, 0.5) is 5.82 Å². The number of nitrogens with zero attached hydrogens (tertiary/aromatic N) is 1. The quantitative estimate of drug-likeness (QED) is 0.850. The average molecular weight is 339 g/mol. The lowest BCUT2D eigenvalue weighted by atomic mass is 10.1. The van der Waals surface area contributed by atoms with Crippen LogP contribution in [0.2, 0.25) is 10.0 Å². The zero-order chi connectivity index (χ0) is 15.9. The minimum atomic E-state index is -0.499. The average Bonchev–Trinajstić information content (AvgIpc) is 2.50. The maximum atomic E-state index is 11.6. The number of pyridine rings is 1. The van der Waals surface area contributed by atoms with Gasteiger partial charge in [-0.25, -0.2) is 4.98 Å². The monoisotopic (exact) mass is 338 g/mol. The number of ether oxygens (including phenoxy) is 1. The third kappa shape index (κ3) is 5.35. The first-order valence-electron chi connectivity index (χ1n) is 6.34. The van der Waals surface area contributed by atoms with Crippen molar-refractivity contribution in [1.82, 2.24) is 4.98 Å². The van der Waals surface area contributed by atoms with Gasteiger partial charge in [-0.1, -0.05) is 35.3 Å². The molecule has 1 N–H and O–H groups in total. The summed E-state index contributed by atoms with van der Waals surface area (Å²) >= 11 is 11.4. The predicted octanol–water partition coefficient (Wildman–Crippen LogP) is 3.11. The summed E-state index contributed by atoms with van der Waals surface area (Å²) in [7, 11) is 0. The van der Waals surface area contributed by atoms with Crippen LogP contribution in [0.5, 0.6) is 0 Å². The number of hydrogen-bond donors (Lipinski definition) is 1. The van der Waals surface area contributed by atoms with Gasteiger partial charge in [-0.3, -0.25) is 9.59 Å². The molecule has 0 fully saturated rings. The third-order valence-corrected chi connectivity index (χ3v) is 3.10. The van der Waals surface area contributed by atoms with Crippen molar-refractivity contribution in [3.63, 3.8) is 0 Å². The number of amides is 1. The SMILES string of the molecule is O=C(COC(=O)Cc1ccc(Cl)cc1)Nc1ccc(Cl)cn1. The smallest absolute Gasteiger partial charge is 0.310 e. The summed E-state index contributed by atoms with van der Waals surface area (Å²) in [6, 6.07) is 9.96. The van der Waals surface area contributed by atoms with Gasteiger partial charge in [0.1, 0.15) is 5.82 Å². The number of carbonyl (C=O) groups is 2. The minimum absolute atomic E-state index is 0.0731. The van der Waals surface area contributed by atoms with Crippen LogP contribution in [0.15, 0.2) is 42.6 Å². The molecule has 22 heavy (non-hydrogen) atoms. The zero-order valence-electron chi connectivity index (χ0n) is 11.4. The first kappa shape index (κ1) is 16.3. The van der Waals surface area contributed by atoms with E-state index in [4.69, 9.17) is 27.9 Å². The molecular formula is C15H12Cl2N2O3. The number of benzene rings is 1. The van der Waals surface area contributed by atoms with Gasteiger partial charge >= 0.3 is 5.97 Å². The molecule has 7 heteroatoms. The summed E-state index contributed by atoms with van der Waals surface area (Å²) in [5.41, 5.74) is 0.758. The lowest BCUT2D eigenvalue weighted by Gasteiger charge is -2.06. The van der Waals surface area contributed by atoms with E-state index in [2.05, 4.69) is 10.3 Å². The zero-order valence-corrected chi connectivity index (χ0v) is 12.9. The first-order valence-corrected chi connectivity index (χ1v) is 7.10. The summed E-state index contributed by atoms with van der Waals surface area (Å²) in [6.07, 6.45) is 1.48. The van der Waals surface area contributed by atoms with Crippen molar-refractivity contribution in [3.05, 3.63) is 58.2 Å². The highest BCUT2D eigenvalue weighted by Gasteiger charge is 2.09. The predicted molar refractivity (Wildman–Crippen MR) is 84.0 cm³/mol. The number of halogens is 2. The van der Waals surface area contributed by atoms with E-state index >= 15 is 0 Å². The van der Waals surface area contributed by atoms with Crippen LogP contribution >= 0.6 is 23.2 Å². The van der Waals surface area contributed by atoms with Crippen molar-refractivity contribution in [3.8, 4) is 0 Å². The van der Waals surface area contributed by atoms with Gasteiger partial charge in [0.15, 0.2) is 6.61 Å². The van der Waals surface area contributed by atoms with Gasteiger partial charge in [0.05, 0.1) is 11.4 Å². The van der Waals surface area contributed by atoms with Gasteiger partial charge in [-0.15, -0.1) is 0 Å². The highest BCUT2D eigenvalue weighted by Crippen LogP contribution is 2.11. The van der Waals surface area contributed by atoms with E-state index < -0.39 is 11.9 Å². The molecule has 1 heterocycles. The van der Waals surface area contributed by atoms with Crippen molar-refractivity contribution < 1.29 is 14.3 Å². The topological polar surface area (TPSA) is 68.3 Å². The second-order valence-corrected chi connectivity index (χ2v) is 5.25. The number of nitrogens with one attached hydrogen (secondary N) is 1. The molecule has 0 spiro atoms. The van der Waals surface area contributed by atoms with E-state index in [9.17, 15) is 9.59 Å². The van der Waals surface area contributed by atoms with Gasteiger partial charge in [-0.2, -0.15) is 0 Å². The van der Waals surface area contributed by atoms with Crippen LogP contribution in [0.3, 0.4) is 0 Å². The maximum absolute atomic E-state index is 11.6. The molecule has 2 rings (SSSR count). The fourth-order valence-electron chi connectivity index (χ4n) is 1.59. The number of rotatable bonds is 5. The summed E-state index contributed by atoms with van der Waals surface area (Å²) in [5.74, 6) is -0.635. The highest BCUT2D eigenvalue weighted by atomic mass is 35.5. The molecule has 5 nitrogen and oxygen atoms in total. The van der Waals surface area contributed by atoms with Gasteiger partial charge in [0.2, 0.25) is 0 Å². The molecule has 0 bridgehead atoms. The molecule has 0 aliphatic rings. The molecule has 1 aromatic carbocycles. The summed E-state index contributed by atoms with van der Waals surface area (Å²) < 4.78 is 4.90. The lowest BCUT2D eigenvalue weighted by Crippen LogP contribution is -2.22. The Bertz CT molecular complexity index is 598. The van der Waals surface area contributed by atoms with Crippen LogP contribution in [-0.2, 0) is 20.7 Å². The van der Waals surface area contributed by atoms with Crippen LogP contribution in [-0.4, -0.2) is 23.5 Å². The Balaban J connectivity index is 1.76. The molecule has 1 aromatic heterocycles. The summed E-state index contributed by atoms with van der Waals surface area (Å²) in [6.45, 7) is -0.378. The Hall–Kier alpha value is -2.11. The Morgan fingerprint density at radius 2 is 1.73 bits per heavy atom. The molecule has 0 saturated carbocycles. The normalized spacial score (nSPS) is 10.1. The number of esters is 1. The number of hydrogen-bond acceptors (Lipinski definition) is 4. The second-order valence-electron chi connectivity index (χ2n) is 4.37. The Morgan fingerprint density at radius 3 is 2.36 bits per heavy atom. The van der Waals surface area contributed by atoms with Crippen LogP contribution in [0, 0.1) is 0 Å². The highest BCUT2D eigenvalue weighted by molar-refractivity contribution is 6.30. The van der Waals surface area contributed by atoms with E-state index in [0.717, 1.165) is 5.56 Å². The molecule has 114 valence electrons. The molecule has 1 amide bonds. The molecule has 2 aromatic rings. The standard InChI is InChI=1S/C15H12Cl2N2O3/c16-11-3-1-10(2-4-11)7-15(21)22-9-14(20)19-13-6-5-12(17)8-18-13/h1-6,8H,7,9H2,(H,18,19,20). The van der Waals surface area contributed by atoms with Crippen molar-refractivity contribution in [1.29, 1.82) is 0 Å². The summed E-state index contributed by atoms with van der Waals surface area (Å²) in [5, 5.41) is 3.55. The molecule has 0 unspecified atom stereocenters. The third-order valence-electron chi connectivity index (χ3n) is 2.62. The minimum Gasteiger partial charge on any atom is -0.455 e. The number of aromatic nitrogens is 1. The van der Waals surface area contributed by atoms with E-state index in [1.165, 1.54) is 6.20 Å². The molecular weight excluding hydrogens is 327 g/mol. The molecule has 0 radical (unpaired) electrons. The second kappa shape index (κ2) is 7.77. The molecule has 0 saturated heterocycles. The van der Waals surface area contributed by atoms with E-state index in [1.54, 1.807) is 36.4 Å². The van der Waals surface area contributed by atoms with E-state index in [1.807, 2.05) is 0 Å². The van der Waals surface area contributed by atoms with Crippen LogP contribution < -0.4 is 5.32 Å². The van der Waals surface area contributed by atoms with Crippen molar-refractivity contribution in [2.24, 2.45) is 0 Å². The van der Waals surface area contributed by atoms with Crippen LogP contribution in [0.1, 0.15) is 5.56 Å². The van der Waals surface area contributed by atoms with E-state index in [0.29, 0.717) is 15.9 Å². The molecule has 0 aliphatic heterocycles. The maximum Gasteiger partial charge on any atom is 0.310 e. The number of anilines is 1. The van der Waals surface area contributed by atoms with Gasteiger partial charge in [0.25, 0.3) is 5.91 Å². The first-order chi connectivity index (χ1) is 10.5. The van der Waals surface area contributed by atoms with Gasteiger partial charge < -0.3 is 10.1 Å².